The minimum absolute atomic E-state index is 0.0805. The molecule has 0 amide bonds. The third-order valence-electron chi connectivity index (χ3n) is 5.53. The summed E-state index contributed by atoms with van der Waals surface area (Å²) in [5, 5.41) is 0. The highest BCUT2D eigenvalue weighted by Gasteiger charge is 2.28. The van der Waals surface area contributed by atoms with E-state index in [0.717, 1.165) is 19.4 Å². The molecule has 0 atom stereocenters. The largest absolute Gasteiger partial charge is 0.321 e. The van der Waals surface area contributed by atoms with Crippen LogP contribution in [0.15, 0.2) is 24.3 Å². The first-order chi connectivity index (χ1) is 10.7. The second-order valence-corrected chi connectivity index (χ2v) is 7.35. The summed E-state index contributed by atoms with van der Waals surface area (Å²) in [4.78, 5) is 4.96. The fourth-order valence-electron chi connectivity index (χ4n) is 3.85. The van der Waals surface area contributed by atoms with Gasteiger partial charge >= 0.3 is 0 Å². The molecular formula is C19H31N3. The Balaban J connectivity index is 1.62. The molecule has 1 aliphatic carbocycles. The smallest absolute Gasteiger partial charge is 0.0409 e. The topological polar surface area (TPSA) is 32.5 Å². The Labute approximate surface area is 135 Å². The van der Waals surface area contributed by atoms with Gasteiger partial charge in [-0.1, -0.05) is 49.9 Å². The monoisotopic (exact) mass is 301 g/mol. The highest BCUT2D eigenvalue weighted by atomic mass is 15.2. The van der Waals surface area contributed by atoms with Gasteiger partial charge in [-0.3, -0.25) is 4.90 Å². The second kappa shape index (κ2) is 7.12. The fourth-order valence-corrected chi connectivity index (χ4v) is 3.85. The summed E-state index contributed by atoms with van der Waals surface area (Å²) in [6.45, 7) is 5.80. The summed E-state index contributed by atoms with van der Waals surface area (Å²) < 4.78 is 0. The molecule has 1 saturated heterocycles. The number of nitrogens with zero attached hydrogens (tertiary/aromatic N) is 2. The van der Waals surface area contributed by atoms with Crippen LogP contribution in [0, 0.1) is 0 Å². The summed E-state index contributed by atoms with van der Waals surface area (Å²) in [5.74, 6) is 0. The van der Waals surface area contributed by atoms with E-state index in [-0.39, 0.29) is 5.54 Å². The molecule has 0 radical (unpaired) electrons. The third-order valence-corrected chi connectivity index (χ3v) is 5.53. The van der Waals surface area contributed by atoms with Crippen LogP contribution in [0.25, 0.3) is 0 Å². The van der Waals surface area contributed by atoms with Crippen molar-refractivity contribution in [1.82, 2.24) is 9.80 Å². The normalized spacial score (nSPS) is 24.1. The van der Waals surface area contributed by atoms with Crippen molar-refractivity contribution in [2.24, 2.45) is 5.73 Å². The molecule has 3 rings (SSSR count). The van der Waals surface area contributed by atoms with Crippen LogP contribution < -0.4 is 5.73 Å². The highest BCUT2D eigenvalue weighted by molar-refractivity contribution is 5.28. The minimum Gasteiger partial charge on any atom is -0.321 e. The van der Waals surface area contributed by atoms with Crippen LogP contribution in [0.1, 0.15) is 49.7 Å². The van der Waals surface area contributed by atoms with Gasteiger partial charge in [0.25, 0.3) is 0 Å². The van der Waals surface area contributed by atoms with E-state index < -0.39 is 0 Å². The van der Waals surface area contributed by atoms with Crippen LogP contribution in [0.3, 0.4) is 0 Å². The van der Waals surface area contributed by atoms with Crippen LogP contribution >= 0.6 is 0 Å². The van der Waals surface area contributed by atoms with Crippen molar-refractivity contribution in [3.8, 4) is 0 Å². The first-order valence-corrected chi connectivity index (χ1v) is 8.95. The molecule has 0 unspecified atom stereocenters. The molecule has 3 nitrogen and oxygen atoms in total. The van der Waals surface area contributed by atoms with Gasteiger partial charge in [0.15, 0.2) is 0 Å². The van der Waals surface area contributed by atoms with Crippen molar-refractivity contribution in [1.29, 1.82) is 0 Å². The maximum Gasteiger partial charge on any atom is 0.0409 e. The molecule has 1 aliphatic heterocycles. The van der Waals surface area contributed by atoms with Crippen LogP contribution in [0.2, 0.25) is 0 Å². The maximum atomic E-state index is 6.71. The number of nitrogens with two attached hydrogens (primary N) is 1. The molecule has 2 aliphatic rings. The van der Waals surface area contributed by atoms with Crippen LogP contribution in [-0.2, 0) is 12.1 Å². The van der Waals surface area contributed by atoms with E-state index in [0.29, 0.717) is 0 Å². The molecule has 1 aromatic rings. The van der Waals surface area contributed by atoms with Gasteiger partial charge < -0.3 is 10.6 Å². The number of piperazine rings is 1. The van der Waals surface area contributed by atoms with Crippen LogP contribution in [0.5, 0.6) is 0 Å². The lowest BCUT2D eigenvalue weighted by Gasteiger charge is -2.32. The summed E-state index contributed by atoms with van der Waals surface area (Å²) in [6, 6.07) is 9.17. The Hall–Kier alpha value is -0.900. The van der Waals surface area contributed by atoms with Crippen molar-refractivity contribution < 1.29 is 0 Å². The van der Waals surface area contributed by atoms with Crippen molar-refractivity contribution in [2.45, 2.75) is 50.6 Å². The van der Waals surface area contributed by atoms with Crippen LogP contribution in [-0.4, -0.2) is 43.0 Å². The zero-order chi connectivity index (χ0) is 15.4. The summed E-state index contributed by atoms with van der Waals surface area (Å²) in [6.07, 6.45) is 7.54. The number of rotatable bonds is 3. The van der Waals surface area contributed by atoms with Crippen molar-refractivity contribution in [3.05, 3.63) is 35.4 Å². The molecule has 1 saturated carbocycles. The lowest BCUT2D eigenvalue weighted by Crippen LogP contribution is -2.43. The van der Waals surface area contributed by atoms with Crippen molar-refractivity contribution in [3.63, 3.8) is 0 Å². The third kappa shape index (κ3) is 3.89. The van der Waals surface area contributed by atoms with E-state index >= 15 is 0 Å². The molecule has 1 aromatic carbocycles. The van der Waals surface area contributed by atoms with Gasteiger partial charge in [-0.25, -0.2) is 0 Å². The van der Waals surface area contributed by atoms with E-state index in [2.05, 4.69) is 41.1 Å². The van der Waals surface area contributed by atoms with Crippen LogP contribution in [0.4, 0.5) is 0 Å². The summed E-state index contributed by atoms with van der Waals surface area (Å²) in [5.41, 5.74) is 9.40. The summed E-state index contributed by atoms with van der Waals surface area (Å²) >= 11 is 0. The molecule has 22 heavy (non-hydrogen) atoms. The molecule has 2 fully saturated rings. The molecule has 1 heterocycles. The molecule has 0 aromatic heterocycles. The molecule has 122 valence electrons. The first-order valence-electron chi connectivity index (χ1n) is 8.95. The van der Waals surface area contributed by atoms with E-state index in [1.54, 1.807) is 0 Å². The molecule has 0 spiro atoms. The minimum atomic E-state index is -0.0805. The zero-order valence-electron chi connectivity index (χ0n) is 14.1. The number of benzene rings is 1. The quantitative estimate of drug-likeness (QED) is 0.871. The van der Waals surface area contributed by atoms with Gasteiger partial charge in [0.05, 0.1) is 0 Å². The van der Waals surface area contributed by atoms with Crippen molar-refractivity contribution >= 4 is 0 Å². The average molecular weight is 301 g/mol. The molecular weight excluding hydrogens is 270 g/mol. The van der Waals surface area contributed by atoms with Gasteiger partial charge in [-0.05, 0) is 31.0 Å². The van der Waals surface area contributed by atoms with Gasteiger partial charge in [0, 0.05) is 38.3 Å². The lowest BCUT2D eigenvalue weighted by atomic mass is 9.83. The Morgan fingerprint density at radius 1 is 0.909 bits per heavy atom. The zero-order valence-corrected chi connectivity index (χ0v) is 14.1. The predicted molar refractivity (Wildman–Crippen MR) is 92.8 cm³/mol. The Morgan fingerprint density at radius 2 is 1.50 bits per heavy atom. The SMILES string of the molecule is CN1CCN(Cc2ccc(C3(N)CCCCCC3)cc2)CC1. The standard InChI is InChI=1S/C19H31N3/c1-21-12-14-22(15-13-21)16-17-6-8-18(9-7-17)19(20)10-4-2-3-5-11-19/h6-9H,2-5,10-16,20H2,1H3. The van der Waals surface area contributed by atoms with Gasteiger partial charge in [-0.15, -0.1) is 0 Å². The van der Waals surface area contributed by atoms with Gasteiger partial charge in [0.2, 0.25) is 0 Å². The lowest BCUT2D eigenvalue weighted by molar-refractivity contribution is 0.148. The van der Waals surface area contributed by atoms with E-state index in [9.17, 15) is 0 Å². The van der Waals surface area contributed by atoms with E-state index in [4.69, 9.17) is 5.73 Å². The number of hydrogen-bond acceptors (Lipinski definition) is 3. The van der Waals surface area contributed by atoms with Gasteiger partial charge in [-0.2, -0.15) is 0 Å². The first kappa shape index (κ1) is 16.0. The predicted octanol–water partition coefficient (Wildman–Crippen LogP) is 2.94. The molecule has 2 N–H and O–H groups in total. The highest BCUT2D eigenvalue weighted by Crippen LogP contribution is 2.33. The Bertz CT molecular complexity index is 452. The second-order valence-electron chi connectivity index (χ2n) is 7.35. The van der Waals surface area contributed by atoms with Crippen molar-refractivity contribution in [2.75, 3.05) is 33.2 Å². The fraction of sp³-hybridized carbons (Fsp3) is 0.684. The molecule has 0 bridgehead atoms. The average Bonchev–Trinajstić information content (AvgIpc) is 2.76. The Morgan fingerprint density at radius 3 is 2.09 bits per heavy atom. The molecule has 3 heteroatoms. The summed E-state index contributed by atoms with van der Waals surface area (Å²) in [7, 11) is 2.21. The Kier molecular flexibility index (Phi) is 5.17. The number of hydrogen-bond donors (Lipinski definition) is 1. The van der Waals surface area contributed by atoms with E-state index in [1.807, 2.05) is 0 Å². The van der Waals surface area contributed by atoms with Gasteiger partial charge in [0.1, 0.15) is 0 Å². The van der Waals surface area contributed by atoms with E-state index in [1.165, 1.54) is 63.0 Å². The maximum absolute atomic E-state index is 6.71. The number of likely N-dealkylation sites (N-methyl/N-ethyl adjacent to an activating group) is 1.